The van der Waals surface area contributed by atoms with Crippen LogP contribution in [0.25, 0.3) is 0 Å². The zero-order valence-corrected chi connectivity index (χ0v) is 13.2. The molecule has 0 spiro atoms. The maximum Gasteiger partial charge on any atom is 0.230 e. The predicted octanol–water partition coefficient (Wildman–Crippen LogP) is 2.55. The quantitative estimate of drug-likeness (QED) is 0.923. The third-order valence-electron chi connectivity index (χ3n) is 3.56. The molecule has 0 bridgehead atoms. The number of carbonyl (C=O) groups is 1. The number of benzene rings is 1. The van der Waals surface area contributed by atoms with Crippen molar-refractivity contribution in [2.75, 3.05) is 0 Å². The predicted molar refractivity (Wildman–Crippen MR) is 82.0 cm³/mol. The summed E-state index contributed by atoms with van der Waals surface area (Å²) >= 11 is 6.00. The molecule has 21 heavy (non-hydrogen) atoms. The summed E-state index contributed by atoms with van der Waals surface area (Å²) in [7, 11) is 0. The molecule has 1 heterocycles. The molecule has 1 amide bonds. The zero-order valence-electron chi connectivity index (χ0n) is 12.4. The maximum absolute atomic E-state index is 12.5. The van der Waals surface area contributed by atoms with E-state index in [4.69, 9.17) is 11.6 Å². The summed E-state index contributed by atoms with van der Waals surface area (Å²) < 4.78 is 1.90. The normalized spacial score (nSPS) is 11.4. The monoisotopic (exact) mass is 306 g/mol. The summed E-state index contributed by atoms with van der Waals surface area (Å²) in [5, 5.41) is 11.4. The highest BCUT2D eigenvalue weighted by Gasteiger charge is 2.29. The van der Waals surface area contributed by atoms with E-state index in [0.717, 1.165) is 17.9 Å². The number of hydrogen-bond donors (Lipinski definition) is 1. The van der Waals surface area contributed by atoms with Gasteiger partial charge in [0.05, 0.1) is 12.0 Å². The zero-order chi connectivity index (χ0) is 15.5. The lowest BCUT2D eigenvalue weighted by Gasteiger charge is -2.24. The summed E-state index contributed by atoms with van der Waals surface area (Å²) in [5.41, 5.74) is 0.214. The molecule has 0 atom stereocenters. The van der Waals surface area contributed by atoms with Gasteiger partial charge in [-0.05, 0) is 38.5 Å². The standard InChI is InChI=1S/C15H19ClN4O/c1-4-20-10-18-19-13(20)9-17-14(21)15(2,3)11-6-5-7-12(16)8-11/h5-8,10H,4,9H2,1-3H3,(H,17,21). The molecule has 112 valence electrons. The lowest BCUT2D eigenvalue weighted by atomic mass is 9.84. The van der Waals surface area contributed by atoms with E-state index in [1.54, 1.807) is 12.4 Å². The van der Waals surface area contributed by atoms with E-state index in [0.29, 0.717) is 11.6 Å². The number of nitrogens with one attached hydrogen (secondary N) is 1. The highest BCUT2D eigenvalue weighted by Crippen LogP contribution is 2.25. The molecule has 0 aliphatic heterocycles. The van der Waals surface area contributed by atoms with Gasteiger partial charge in [0, 0.05) is 11.6 Å². The third kappa shape index (κ3) is 3.42. The second-order valence-corrected chi connectivity index (χ2v) is 5.79. The molecular weight excluding hydrogens is 288 g/mol. The van der Waals surface area contributed by atoms with E-state index in [-0.39, 0.29) is 5.91 Å². The molecule has 1 N–H and O–H groups in total. The summed E-state index contributed by atoms with van der Waals surface area (Å²) in [5.74, 6) is 0.670. The van der Waals surface area contributed by atoms with Gasteiger partial charge in [0.1, 0.15) is 6.33 Å². The summed E-state index contributed by atoms with van der Waals surface area (Å²) in [4.78, 5) is 12.5. The minimum absolute atomic E-state index is 0.0737. The molecule has 0 unspecified atom stereocenters. The SMILES string of the molecule is CCn1cnnc1CNC(=O)C(C)(C)c1cccc(Cl)c1. The van der Waals surface area contributed by atoms with E-state index < -0.39 is 5.41 Å². The van der Waals surface area contributed by atoms with Gasteiger partial charge < -0.3 is 9.88 Å². The largest absolute Gasteiger partial charge is 0.348 e. The van der Waals surface area contributed by atoms with E-state index >= 15 is 0 Å². The molecule has 0 fully saturated rings. The number of halogens is 1. The van der Waals surface area contributed by atoms with Gasteiger partial charge in [0.25, 0.3) is 0 Å². The van der Waals surface area contributed by atoms with Crippen molar-refractivity contribution in [3.63, 3.8) is 0 Å². The molecule has 0 saturated heterocycles. The Bertz CT molecular complexity index is 636. The summed E-state index contributed by atoms with van der Waals surface area (Å²) in [6.45, 7) is 6.88. The number of aryl methyl sites for hydroxylation is 1. The molecular formula is C15H19ClN4O. The highest BCUT2D eigenvalue weighted by molar-refractivity contribution is 6.30. The minimum Gasteiger partial charge on any atom is -0.348 e. The average Bonchev–Trinajstić information content (AvgIpc) is 2.92. The number of amides is 1. The van der Waals surface area contributed by atoms with Crippen molar-refractivity contribution >= 4 is 17.5 Å². The van der Waals surface area contributed by atoms with Crippen LogP contribution in [-0.2, 0) is 23.3 Å². The smallest absolute Gasteiger partial charge is 0.230 e. The maximum atomic E-state index is 12.5. The summed E-state index contributed by atoms with van der Waals surface area (Å²) in [6, 6.07) is 7.36. The first kappa shape index (κ1) is 15.5. The topological polar surface area (TPSA) is 59.8 Å². The van der Waals surface area contributed by atoms with Crippen molar-refractivity contribution in [3.8, 4) is 0 Å². The van der Waals surface area contributed by atoms with Crippen LogP contribution < -0.4 is 5.32 Å². The second kappa shape index (κ2) is 6.26. The van der Waals surface area contributed by atoms with Gasteiger partial charge in [0.15, 0.2) is 5.82 Å². The number of nitrogens with zero attached hydrogens (tertiary/aromatic N) is 3. The van der Waals surface area contributed by atoms with Gasteiger partial charge in [-0.1, -0.05) is 23.7 Å². The van der Waals surface area contributed by atoms with Crippen molar-refractivity contribution in [2.45, 2.75) is 39.3 Å². The average molecular weight is 307 g/mol. The molecule has 1 aromatic heterocycles. The van der Waals surface area contributed by atoms with Gasteiger partial charge in [0.2, 0.25) is 5.91 Å². The van der Waals surface area contributed by atoms with Crippen LogP contribution in [0.15, 0.2) is 30.6 Å². The van der Waals surface area contributed by atoms with Gasteiger partial charge in [-0.15, -0.1) is 10.2 Å². The molecule has 0 aliphatic carbocycles. The van der Waals surface area contributed by atoms with E-state index in [1.807, 2.05) is 43.5 Å². The van der Waals surface area contributed by atoms with Gasteiger partial charge >= 0.3 is 0 Å². The second-order valence-electron chi connectivity index (χ2n) is 5.35. The Hall–Kier alpha value is -1.88. The Morgan fingerprint density at radius 1 is 1.43 bits per heavy atom. The summed E-state index contributed by atoms with van der Waals surface area (Å²) in [6.07, 6.45) is 1.66. The van der Waals surface area contributed by atoms with E-state index in [2.05, 4.69) is 15.5 Å². The first-order valence-electron chi connectivity index (χ1n) is 6.86. The Labute approximate surface area is 129 Å². The first-order valence-corrected chi connectivity index (χ1v) is 7.24. The van der Waals surface area contributed by atoms with Gasteiger partial charge in [-0.3, -0.25) is 4.79 Å². The molecule has 2 aromatic rings. The van der Waals surface area contributed by atoms with Crippen LogP contribution in [0.3, 0.4) is 0 Å². The number of rotatable bonds is 5. The van der Waals surface area contributed by atoms with Crippen LogP contribution in [0.5, 0.6) is 0 Å². The fraction of sp³-hybridized carbons (Fsp3) is 0.400. The van der Waals surface area contributed by atoms with Crippen molar-refractivity contribution in [1.29, 1.82) is 0 Å². The van der Waals surface area contributed by atoms with Crippen LogP contribution >= 0.6 is 11.6 Å². The van der Waals surface area contributed by atoms with E-state index in [1.165, 1.54) is 0 Å². The Balaban J connectivity index is 2.08. The molecule has 6 heteroatoms. The Kier molecular flexibility index (Phi) is 4.63. The minimum atomic E-state index is -0.665. The van der Waals surface area contributed by atoms with Crippen LogP contribution in [0.1, 0.15) is 32.2 Å². The number of hydrogen-bond acceptors (Lipinski definition) is 3. The Morgan fingerprint density at radius 2 is 2.19 bits per heavy atom. The van der Waals surface area contributed by atoms with E-state index in [9.17, 15) is 4.79 Å². The van der Waals surface area contributed by atoms with Crippen molar-refractivity contribution in [1.82, 2.24) is 20.1 Å². The van der Waals surface area contributed by atoms with Crippen molar-refractivity contribution < 1.29 is 4.79 Å². The molecule has 1 aromatic carbocycles. The van der Waals surface area contributed by atoms with Gasteiger partial charge in [-0.25, -0.2) is 0 Å². The highest BCUT2D eigenvalue weighted by atomic mass is 35.5. The lowest BCUT2D eigenvalue weighted by Crippen LogP contribution is -2.40. The van der Waals surface area contributed by atoms with Crippen molar-refractivity contribution in [3.05, 3.63) is 47.0 Å². The molecule has 0 saturated carbocycles. The first-order chi connectivity index (χ1) is 9.95. The fourth-order valence-electron chi connectivity index (χ4n) is 2.07. The van der Waals surface area contributed by atoms with Crippen LogP contribution in [0.4, 0.5) is 0 Å². The number of aromatic nitrogens is 3. The molecule has 0 radical (unpaired) electrons. The van der Waals surface area contributed by atoms with Crippen LogP contribution in [-0.4, -0.2) is 20.7 Å². The van der Waals surface area contributed by atoms with Crippen LogP contribution in [0.2, 0.25) is 5.02 Å². The Morgan fingerprint density at radius 3 is 2.86 bits per heavy atom. The third-order valence-corrected chi connectivity index (χ3v) is 3.79. The van der Waals surface area contributed by atoms with Gasteiger partial charge in [-0.2, -0.15) is 0 Å². The molecule has 2 rings (SSSR count). The molecule has 5 nitrogen and oxygen atoms in total. The van der Waals surface area contributed by atoms with Crippen LogP contribution in [0, 0.1) is 0 Å². The fourth-order valence-corrected chi connectivity index (χ4v) is 2.26. The number of carbonyl (C=O) groups excluding carboxylic acids is 1. The van der Waals surface area contributed by atoms with Crippen molar-refractivity contribution in [2.24, 2.45) is 0 Å². The molecule has 0 aliphatic rings. The lowest BCUT2D eigenvalue weighted by molar-refractivity contribution is -0.125.